The number of hydrogen-bond acceptors (Lipinski definition) is 4. The van der Waals surface area contributed by atoms with Crippen LogP contribution in [0.5, 0.6) is 0 Å². The van der Waals surface area contributed by atoms with Crippen LogP contribution >= 0.6 is 11.3 Å². The summed E-state index contributed by atoms with van der Waals surface area (Å²) in [6.07, 6.45) is 0. The number of aliphatic hydroxyl groups is 1. The normalized spacial score (nSPS) is 12.2. The first-order valence-electron chi connectivity index (χ1n) is 6.97. The number of aliphatic hydroxyl groups excluding tert-OH is 1. The number of hydrogen-bond donors (Lipinski definition) is 1. The third-order valence-corrected chi connectivity index (χ3v) is 4.41. The van der Waals surface area contributed by atoms with Gasteiger partial charge in [-0.05, 0) is 6.92 Å². The first-order valence-corrected chi connectivity index (χ1v) is 7.78. The molecule has 21 heavy (non-hydrogen) atoms. The molecule has 110 valence electrons. The van der Waals surface area contributed by atoms with Crippen LogP contribution in [0.4, 0.5) is 0 Å². The summed E-state index contributed by atoms with van der Waals surface area (Å²) in [6.45, 7) is 8.31. The van der Waals surface area contributed by atoms with Crippen molar-refractivity contribution in [2.75, 3.05) is 0 Å². The van der Waals surface area contributed by atoms with Gasteiger partial charge in [-0.1, -0.05) is 61.9 Å². The molecule has 1 aromatic carbocycles. The number of fused-ring (bicyclic) bond motifs is 1. The number of aryl methyl sites for hydroxylation is 1. The lowest BCUT2D eigenvalue weighted by Crippen LogP contribution is -2.15. The molecule has 0 aliphatic heterocycles. The van der Waals surface area contributed by atoms with Gasteiger partial charge in [0.05, 0.1) is 18.0 Å². The van der Waals surface area contributed by atoms with Crippen LogP contribution in [0.1, 0.15) is 37.7 Å². The van der Waals surface area contributed by atoms with E-state index < -0.39 is 0 Å². The van der Waals surface area contributed by atoms with Crippen molar-refractivity contribution < 1.29 is 5.11 Å². The summed E-state index contributed by atoms with van der Waals surface area (Å²) in [7, 11) is 0. The van der Waals surface area contributed by atoms with Crippen LogP contribution in [-0.2, 0) is 12.0 Å². The Morgan fingerprint density at radius 2 is 1.86 bits per heavy atom. The van der Waals surface area contributed by atoms with Gasteiger partial charge in [0, 0.05) is 11.0 Å². The Kier molecular flexibility index (Phi) is 3.34. The highest BCUT2D eigenvalue weighted by molar-refractivity contribution is 7.19. The maximum absolute atomic E-state index is 9.69. The fourth-order valence-electron chi connectivity index (χ4n) is 2.35. The van der Waals surface area contributed by atoms with E-state index in [9.17, 15) is 5.11 Å². The van der Waals surface area contributed by atoms with E-state index in [1.165, 1.54) is 5.56 Å². The van der Waals surface area contributed by atoms with Crippen molar-refractivity contribution >= 4 is 16.3 Å². The zero-order chi connectivity index (χ0) is 15.2. The summed E-state index contributed by atoms with van der Waals surface area (Å²) in [6, 6.07) is 8.29. The smallest absolute Gasteiger partial charge is 0.213 e. The lowest BCUT2D eigenvalue weighted by atomic mass is 9.91. The number of aromatic nitrogens is 3. The predicted molar refractivity (Wildman–Crippen MR) is 85.7 cm³/mol. The molecule has 3 aromatic rings. The molecule has 3 rings (SSSR count). The third kappa shape index (κ3) is 2.47. The average molecular weight is 301 g/mol. The second-order valence-corrected chi connectivity index (χ2v) is 7.24. The van der Waals surface area contributed by atoms with Crippen molar-refractivity contribution in [1.29, 1.82) is 0 Å². The topological polar surface area (TPSA) is 50.4 Å². The molecule has 4 nitrogen and oxygen atoms in total. The fourth-order valence-corrected chi connectivity index (χ4v) is 3.27. The summed E-state index contributed by atoms with van der Waals surface area (Å²) in [5.41, 5.74) is 3.91. The van der Waals surface area contributed by atoms with Gasteiger partial charge in [0.2, 0.25) is 4.96 Å². The van der Waals surface area contributed by atoms with Crippen LogP contribution in [0, 0.1) is 6.92 Å². The number of imidazole rings is 1. The number of benzene rings is 1. The molecule has 0 spiro atoms. The molecule has 5 heteroatoms. The molecule has 1 N–H and O–H groups in total. The molecule has 2 aromatic heterocycles. The van der Waals surface area contributed by atoms with Gasteiger partial charge in [0.1, 0.15) is 5.01 Å². The van der Waals surface area contributed by atoms with Crippen molar-refractivity contribution in [3.05, 3.63) is 41.2 Å². The van der Waals surface area contributed by atoms with Crippen molar-refractivity contribution in [2.24, 2.45) is 0 Å². The molecule has 2 heterocycles. The van der Waals surface area contributed by atoms with E-state index in [1.807, 2.05) is 0 Å². The van der Waals surface area contributed by atoms with E-state index in [0.717, 1.165) is 26.9 Å². The highest BCUT2D eigenvalue weighted by atomic mass is 32.1. The van der Waals surface area contributed by atoms with Gasteiger partial charge < -0.3 is 5.11 Å². The second-order valence-electron chi connectivity index (χ2n) is 6.28. The van der Waals surface area contributed by atoms with Crippen molar-refractivity contribution in [2.45, 2.75) is 39.7 Å². The van der Waals surface area contributed by atoms with Gasteiger partial charge in [-0.3, -0.25) is 0 Å². The molecule has 0 amide bonds. The van der Waals surface area contributed by atoms with E-state index in [-0.39, 0.29) is 12.0 Å². The van der Waals surface area contributed by atoms with Crippen LogP contribution in [-0.4, -0.2) is 19.7 Å². The Bertz CT molecular complexity index is 778. The van der Waals surface area contributed by atoms with E-state index >= 15 is 0 Å². The minimum absolute atomic E-state index is 0.0508. The lowest BCUT2D eigenvalue weighted by molar-refractivity contribution is 0.270. The Labute approximate surface area is 128 Å². The standard InChI is InChI=1S/C16H19N3OS/c1-10-5-7-11(8-6-10)14-18-19-12(9-20)13(16(2,3)4)17-15(19)21-14/h5-8,20H,9H2,1-4H3. The quantitative estimate of drug-likeness (QED) is 0.787. The van der Waals surface area contributed by atoms with Gasteiger partial charge in [-0.2, -0.15) is 5.10 Å². The summed E-state index contributed by atoms with van der Waals surface area (Å²) in [5.74, 6) is 0. The van der Waals surface area contributed by atoms with E-state index in [1.54, 1.807) is 15.9 Å². The minimum atomic E-state index is -0.102. The molecule has 0 atom stereocenters. The van der Waals surface area contributed by atoms with Crippen LogP contribution < -0.4 is 0 Å². The zero-order valence-corrected chi connectivity index (χ0v) is 13.5. The van der Waals surface area contributed by atoms with E-state index in [4.69, 9.17) is 0 Å². The molecular weight excluding hydrogens is 282 g/mol. The maximum atomic E-state index is 9.69. The monoisotopic (exact) mass is 301 g/mol. The molecule has 0 unspecified atom stereocenters. The van der Waals surface area contributed by atoms with Crippen molar-refractivity contribution in [3.8, 4) is 10.6 Å². The predicted octanol–water partition coefficient (Wildman–Crippen LogP) is 3.56. The summed E-state index contributed by atoms with van der Waals surface area (Å²) in [5, 5.41) is 15.2. The Morgan fingerprint density at radius 3 is 2.43 bits per heavy atom. The first-order chi connectivity index (χ1) is 9.90. The minimum Gasteiger partial charge on any atom is -0.390 e. The Morgan fingerprint density at radius 1 is 1.19 bits per heavy atom. The zero-order valence-electron chi connectivity index (χ0n) is 12.7. The summed E-state index contributed by atoms with van der Waals surface area (Å²) in [4.78, 5) is 5.51. The van der Waals surface area contributed by atoms with Crippen molar-refractivity contribution in [3.63, 3.8) is 0 Å². The van der Waals surface area contributed by atoms with Crippen LogP contribution in [0.3, 0.4) is 0 Å². The lowest BCUT2D eigenvalue weighted by Gasteiger charge is -2.16. The van der Waals surface area contributed by atoms with Gasteiger partial charge in [0.15, 0.2) is 0 Å². The van der Waals surface area contributed by atoms with Gasteiger partial charge in [-0.15, -0.1) is 0 Å². The third-order valence-electron chi connectivity index (χ3n) is 3.46. The highest BCUT2D eigenvalue weighted by Gasteiger charge is 2.25. The molecule has 0 aliphatic rings. The molecule has 0 saturated carbocycles. The second kappa shape index (κ2) is 4.93. The van der Waals surface area contributed by atoms with Gasteiger partial charge in [0.25, 0.3) is 0 Å². The first kappa shape index (κ1) is 14.2. The largest absolute Gasteiger partial charge is 0.390 e. The van der Waals surface area contributed by atoms with Crippen LogP contribution in [0.15, 0.2) is 24.3 Å². The number of nitrogens with zero attached hydrogens (tertiary/aromatic N) is 3. The van der Waals surface area contributed by atoms with Crippen molar-refractivity contribution in [1.82, 2.24) is 14.6 Å². The molecule has 0 aliphatic carbocycles. The maximum Gasteiger partial charge on any atom is 0.213 e. The summed E-state index contributed by atoms with van der Waals surface area (Å²) < 4.78 is 1.78. The molecular formula is C16H19N3OS. The summed E-state index contributed by atoms with van der Waals surface area (Å²) >= 11 is 1.55. The highest BCUT2D eigenvalue weighted by Crippen LogP contribution is 2.31. The van der Waals surface area contributed by atoms with Crippen LogP contribution in [0.2, 0.25) is 0 Å². The Balaban J connectivity index is 2.13. The SMILES string of the molecule is Cc1ccc(-c2nn3c(CO)c(C(C)(C)C)nc3s2)cc1. The molecule has 0 fully saturated rings. The molecule has 0 saturated heterocycles. The van der Waals surface area contributed by atoms with Gasteiger partial charge >= 0.3 is 0 Å². The van der Waals surface area contributed by atoms with E-state index in [0.29, 0.717) is 0 Å². The fraction of sp³-hybridized carbons (Fsp3) is 0.375. The average Bonchev–Trinajstić information content (AvgIpc) is 2.95. The Hall–Kier alpha value is -1.72. The molecule has 0 bridgehead atoms. The van der Waals surface area contributed by atoms with Gasteiger partial charge in [-0.25, -0.2) is 9.50 Å². The molecule has 0 radical (unpaired) electrons. The number of rotatable bonds is 2. The van der Waals surface area contributed by atoms with E-state index in [2.05, 4.69) is 62.0 Å². The van der Waals surface area contributed by atoms with Crippen LogP contribution in [0.25, 0.3) is 15.5 Å².